The molecule has 0 bridgehead atoms. The van der Waals surface area contributed by atoms with Gasteiger partial charge in [-0.1, -0.05) is 24.3 Å². The molecule has 1 aliphatic heterocycles. The highest BCUT2D eigenvalue weighted by atomic mass is 32.1. The number of phenolic OH excluding ortho intramolecular Hbond substituents is 1. The first-order valence-electron chi connectivity index (χ1n) is 11.0. The number of benzene rings is 2. The standard InChI is InChI=1S/C26H21N3O6S/c1-34-22-13-19-18(12-21(22)30)20(26(31)27-16-6-3-2-4-7-16)15-28(25(19)23-8-5-11-36-23)14-17-9-10-24(35-17)29(32)33/h2-13,15,25,30H,14H2,1H3,(H,27,31). The third-order valence-electron chi connectivity index (χ3n) is 5.82. The van der Waals surface area contributed by atoms with Gasteiger partial charge in [-0.25, -0.2) is 0 Å². The summed E-state index contributed by atoms with van der Waals surface area (Å²) in [5, 5.41) is 26.5. The van der Waals surface area contributed by atoms with Crippen LogP contribution < -0.4 is 10.1 Å². The summed E-state index contributed by atoms with van der Waals surface area (Å²) in [6.07, 6.45) is 1.70. The lowest BCUT2D eigenvalue weighted by molar-refractivity contribution is -0.402. The Labute approximate surface area is 210 Å². The number of aromatic hydroxyl groups is 1. The average Bonchev–Trinajstić information content (AvgIpc) is 3.56. The highest BCUT2D eigenvalue weighted by molar-refractivity contribution is 7.10. The molecule has 0 fully saturated rings. The Morgan fingerprint density at radius 2 is 2.00 bits per heavy atom. The van der Waals surface area contributed by atoms with Crippen molar-refractivity contribution in [3.63, 3.8) is 0 Å². The molecule has 0 aliphatic carbocycles. The number of phenols is 1. The number of hydrogen-bond donors (Lipinski definition) is 2. The number of carbonyl (C=O) groups excluding carboxylic acids is 1. The maximum absolute atomic E-state index is 13.5. The molecule has 5 rings (SSSR count). The number of methoxy groups -OCH3 is 1. The van der Waals surface area contributed by atoms with Gasteiger partial charge < -0.3 is 24.5 Å². The lowest BCUT2D eigenvalue weighted by Gasteiger charge is -2.36. The molecule has 10 heteroatoms. The van der Waals surface area contributed by atoms with Crippen LogP contribution in [0.15, 0.2) is 82.7 Å². The van der Waals surface area contributed by atoms with E-state index in [0.717, 1.165) is 10.4 Å². The normalized spacial score (nSPS) is 14.6. The molecule has 1 unspecified atom stereocenters. The van der Waals surface area contributed by atoms with E-state index < -0.39 is 4.92 Å². The number of nitrogens with one attached hydrogen (secondary N) is 1. The highest BCUT2D eigenvalue weighted by Crippen LogP contribution is 2.45. The Hall–Kier alpha value is -4.57. The van der Waals surface area contributed by atoms with Gasteiger partial charge >= 0.3 is 5.88 Å². The summed E-state index contributed by atoms with van der Waals surface area (Å²) < 4.78 is 10.8. The van der Waals surface area contributed by atoms with Crippen LogP contribution >= 0.6 is 11.3 Å². The zero-order valence-electron chi connectivity index (χ0n) is 19.1. The predicted molar refractivity (Wildman–Crippen MR) is 135 cm³/mol. The number of ether oxygens (including phenoxy) is 1. The van der Waals surface area contributed by atoms with E-state index in [4.69, 9.17) is 9.15 Å². The summed E-state index contributed by atoms with van der Waals surface area (Å²) in [7, 11) is 1.46. The Morgan fingerprint density at radius 1 is 1.19 bits per heavy atom. The molecule has 1 amide bonds. The number of nitro groups is 1. The molecule has 2 aromatic carbocycles. The van der Waals surface area contributed by atoms with Gasteiger partial charge in [0.1, 0.15) is 10.7 Å². The number of rotatable bonds is 7. The molecule has 2 N–H and O–H groups in total. The molecule has 4 aromatic rings. The van der Waals surface area contributed by atoms with E-state index in [0.29, 0.717) is 22.6 Å². The molecular weight excluding hydrogens is 482 g/mol. The fourth-order valence-corrected chi connectivity index (χ4v) is 5.09. The van der Waals surface area contributed by atoms with Gasteiger partial charge in [0.25, 0.3) is 5.91 Å². The van der Waals surface area contributed by atoms with Crippen LogP contribution in [0.2, 0.25) is 0 Å². The van der Waals surface area contributed by atoms with Crippen molar-refractivity contribution < 1.29 is 24.0 Å². The number of hydrogen-bond acceptors (Lipinski definition) is 8. The maximum atomic E-state index is 13.5. The predicted octanol–water partition coefficient (Wildman–Crippen LogP) is 5.55. The molecule has 0 radical (unpaired) electrons. The van der Waals surface area contributed by atoms with Crippen molar-refractivity contribution >= 4 is 34.4 Å². The lowest BCUT2D eigenvalue weighted by atomic mass is 9.88. The number of nitrogens with zero attached hydrogens (tertiary/aromatic N) is 2. The summed E-state index contributed by atoms with van der Waals surface area (Å²) in [4.78, 5) is 26.9. The fourth-order valence-electron chi connectivity index (χ4n) is 4.23. The van der Waals surface area contributed by atoms with Crippen molar-refractivity contribution in [2.45, 2.75) is 12.6 Å². The molecule has 1 aliphatic rings. The van der Waals surface area contributed by atoms with E-state index in [9.17, 15) is 20.0 Å². The molecule has 36 heavy (non-hydrogen) atoms. The van der Waals surface area contributed by atoms with Crippen LogP contribution in [0.4, 0.5) is 11.6 Å². The van der Waals surface area contributed by atoms with Gasteiger partial charge in [-0.05, 0) is 52.9 Å². The number of fused-ring (bicyclic) bond motifs is 1. The van der Waals surface area contributed by atoms with Gasteiger partial charge in [-0.2, -0.15) is 0 Å². The third kappa shape index (κ3) is 4.41. The molecule has 0 saturated carbocycles. The molecule has 0 saturated heterocycles. The van der Waals surface area contributed by atoms with Crippen LogP contribution in [-0.2, 0) is 11.3 Å². The van der Waals surface area contributed by atoms with Crippen LogP contribution in [0.25, 0.3) is 5.57 Å². The van der Waals surface area contributed by atoms with E-state index in [-0.39, 0.29) is 35.9 Å². The molecule has 182 valence electrons. The van der Waals surface area contributed by atoms with Crippen LogP contribution in [0, 0.1) is 10.1 Å². The first-order chi connectivity index (χ1) is 17.4. The van der Waals surface area contributed by atoms with Crippen molar-refractivity contribution in [3.05, 3.63) is 110 Å². The second-order valence-corrected chi connectivity index (χ2v) is 9.04. The van der Waals surface area contributed by atoms with Crippen molar-refractivity contribution in [2.24, 2.45) is 0 Å². The zero-order valence-corrected chi connectivity index (χ0v) is 19.9. The smallest absolute Gasteiger partial charge is 0.433 e. The number of thiophene rings is 1. The first-order valence-corrected chi connectivity index (χ1v) is 11.8. The van der Waals surface area contributed by atoms with Gasteiger partial charge in [0, 0.05) is 16.8 Å². The van der Waals surface area contributed by atoms with Crippen LogP contribution in [-0.4, -0.2) is 27.9 Å². The highest BCUT2D eigenvalue weighted by Gasteiger charge is 2.34. The average molecular weight is 504 g/mol. The summed E-state index contributed by atoms with van der Waals surface area (Å²) >= 11 is 1.53. The van der Waals surface area contributed by atoms with Crippen molar-refractivity contribution in [1.29, 1.82) is 0 Å². The molecule has 2 aromatic heterocycles. The molecule has 3 heterocycles. The van der Waals surface area contributed by atoms with E-state index >= 15 is 0 Å². The SMILES string of the molecule is COc1cc2c(cc1O)C(C(=O)Nc1ccccc1)=CN(Cc1ccc([N+](=O)[O-])o1)C2c1cccs1. The summed E-state index contributed by atoms with van der Waals surface area (Å²) in [5.74, 6) is -0.167. The summed E-state index contributed by atoms with van der Waals surface area (Å²) in [6, 6.07) is 18.7. The Morgan fingerprint density at radius 3 is 2.67 bits per heavy atom. The number of amides is 1. The van der Waals surface area contributed by atoms with Gasteiger partial charge in [0.05, 0.1) is 31.3 Å². The Kier molecular flexibility index (Phi) is 6.17. The third-order valence-corrected chi connectivity index (χ3v) is 6.74. The number of anilines is 1. The minimum Gasteiger partial charge on any atom is -0.504 e. The Bertz CT molecular complexity index is 1450. The first kappa shape index (κ1) is 23.2. The quantitative estimate of drug-likeness (QED) is 0.251. The fraction of sp³-hybridized carbons (Fsp3) is 0.115. The molecule has 0 spiro atoms. The molecule has 9 nitrogen and oxygen atoms in total. The minimum atomic E-state index is -0.589. The molecular formula is C26H21N3O6S. The van der Waals surface area contributed by atoms with E-state index in [2.05, 4.69) is 5.32 Å². The monoisotopic (exact) mass is 503 g/mol. The maximum Gasteiger partial charge on any atom is 0.433 e. The second kappa shape index (κ2) is 9.59. The van der Waals surface area contributed by atoms with E-state index in [1.165, 1.54) is 30.6 Å². The van der Waals surface area contributed by atoms with E-state index in [1.807, 2.05) is 40.6 Å². The topological polar surface area (TPSA) is 118 Å². The van der Waals surface area contributed by atoms with Crippen molar-refractivity contribution in [3.8, 4) is 11.5 Å². The molecule has 1 atom stereocenters. The zero-order chi connectivity index (χ0) is 25.2. The van der Waals surface area contributed by atoms with Crippen LogP contribution in [0.3, 0.4) is 0 Å². The van der Waals surface area contributed by atoms with Gasteiger partial charge in [0.15, 0.2) is 11.5 Å². The number of furan rings is 1. The van der Waals surface area contributed by atoms with Crippen molar-refractivity contribution in [1.82, 2.24) is 4.90 Å². The van der Waals surface area contributed by atoms with Crippen LogP contribution in [0.1, 0.15) is 27.8 Å². The Balaban J connectivity index is 1.63. The number of para-hydroxylation sites is 1. The lowest BCUT2D eigenvalue weighted by Crippen LogP contribution is -2.30. The van der Waals surface area contributed by atoms with E-state index in [1.54, 1.807) is 30.5 Å². The summed E-state index contributed by atoms with van der Waals surface area (Å²) in [5.41, 5.74) is 2.24. The van der Waals surface area contributed by atoms with Crippen molar-refractivity contribution in [2.75, 3.05) is 12.4 Å². The van der Waals surface area contributed by atoms with Crippen LogP contribution in [0.5, 0.6) is 11.5 Å². The largest absolute Gasteiger partial charge is 0.504 e. The van der Waals surface area contributed by atoms with Gasteiger partial charge in [-0.15, -0.1) is 11.3 Å². The van der Waals surface area contributed by atoms with Gasteiger partial charge in [0.2, 0.25) is 0 Å². The minimum absolute atomic E-state index is 0.0882. The van der Waals surface area contributed by atoms with Gasteiger partial charge in [-0.3, -0.25) is 14.9 Å². The second-order valence-electron chi connectivity index (χ2n) is 8.06. The summed E-state index contributed by atoms with van der Waals surface area (Å²) in [6.45, 7) is 0.168. The number of carbonyl (C=O) groups is 1.